The average Bonchev–Trinajstić information content (AvgIpc) is 2.67. The second-order valence-corrected chi connectivity index (χ2v) is 8.25. The topological polar surface area (TPSA) is 46.2 Å². The molecule has 0 aliphatic heterocycles. The molecule has 0 aliphatic rings. The predicted molar refractivity (Wildman–Crippen MR) is 105 cm³/mol. The third kappa shape index (κ3) is 5.02. The van der Waals surface area contributed by atoms with Crippen LogP contribution in [0.4, 0.5) is 4.39 Å². The number of hydrogen-bond donors (Lipinski definition) is 1. The fraction of sp³-hybridized carbons (Fsp3) is 0.182. The number of sulfonamides is 1. The zero-order valence-electron chi connectivity index (χ0n) is 15.1. The predicted octanol–water partition coefficient (Wildman–Crippen LogP) is 4.79. The van der Waals surface area contributed by atoms with Crippen LogP contribution in [0.25, 0.3) is 0 Å². The normalized spacial score (nSPS) is 12.7. The lowest BCUT2D eigenvalue weighted by Gasteiger charge is -2.20. The second-order valence-electron chi connectivity index (χ2n) is 6.53. The van der Waals surface area contributed by atoms with E-state index in [2.05, 4.69) is 4.72 Å². The van der Waals surface area contributed by atoms with Crippen LogP contribution in [-0.4, -0.2) is 8.42 Å². The summed E-state index contributed by atoms with van der Waals surface area (Å²) in [5, 5.41) is 0. The molecule has 0 spiro atoms. The van der Waals surface area contributed by atoms with Crippen molar-refractivity contribution in [3.63, 3.8) is 0 Å². The highest BCUT2D eigenvalue weighted by Crippen LogP contribution is 2.24. The van der Waals surface area contributed by atoms with E-state index in [1.54, 1.807) is 42.5 Å². The zero-order chi connectivity index (χ0) is 19.3. The molecule has 140 valence electrons. The highest BCUT2D eigenvalue weighted by Gasteiger charge is 2.23. The van der Waals surface area contributed by atoms with Gasteiger partial charge in [-0.2, -0.15) is 0 Å². The van der Waals surface area contributed by atoms with E-state index in [9.17, 15) is 12.8 Å². The van der Waals surface area contributed by atoms with Crippen LogP contribution in [0, 0.1) is 12.7 Å². The Bertz CT molecular complexity index is 986. The Hall–Kier alpha value is -2.50. The lowest BCUT2D eigenvalue weighted by atomic mass is 9.99. The van der Waals surface area contributed by atoms with Crippen molar-refractivity contribution in [3.8, 4) is 0 Å². The summed E-state index contributed by atoms with van der Waals surface area (Å²) in [4.78, 5) is 0.175. The van der Waals surface area contributed by atoms with Gasteiger partial charge in [0.1, 0.15) is 5.82 Å². The molecule has 0 saturated carbocycles. The van der Waals surface area contributed by atoms with Crippen LogP contribution in [-0.2, 0) is 16.4 Å². The average molecular weight is 383 g/mol. The number of rotatable bonds is 7. The molecular weight excluding hydrogens is 361 g/mol. The van der Waals surface area contributed by atoms with Gasteiger partial charge in [0.05, 0.1) is 10.9 Å². The van der Waals surface area contributed by atoms with Crippen LogP contribution in [0.1, 0.15) is 29.2 Å². The van der Waals surface area contributed by atoms with Gasteiger partial charge in [0, 0.05) is 5.56 Å². The summed E-state index contributed by atoms with van der Waals surface area (Å²) >= 11 is 0. The van der Waals surface area contributed by atoms with Gasteiger partial charge < -0.3 is 0 Å². The van der Waals surface area contributed by atoms with E-state index in [1.165, 1.54) is 6.07 Å². The number of aryl methyl sites for hydroxylation is 2. The van der Waals surface area contributed by atoms with E-state index in [0.29, 0.717) is 18.4 Å². The van der Waals surface area contributed by atoms with Gasteiger partial charge in [-0.15, -0.1) is 0 Å². The molecule has 3 nitrogen and oxygen atoms in total. The van der Waals surface area contributed by atoms with Gasteiger partial charge in [0.25, 0.3) is 0 Å². The SMILES string of the molecule is Cc1ccc(S(=O)(=O)NC(CCc2ccccc2)c2ccccc2F)cc1. The number of nitrogens with one attached hydrogen (secondary N) is 1. The molecule has 0 aliphatic carbocycles. The van der Waals surface area contributed by atoms with Crippen molar-refractivity contribution in [2.45, 2.75) is 30.7 Å². The highest BCUT2D eigenvalue weighted by atomic mass is 32.2. The lowest BCUT2D eigenvalue weighted by molar-refractivity contribution is 0.516. The second kappa shape index (κ2) is 8.46. The zero-order valence-corrected chi connectivity index (χ0v) is 15.9. The Kier molecular flexibility index (Phi) is 6.04. The minimum atomic E-state index is -3.76. The third-order valence-corrected chi connectivity index (χ3v) is 5.96. The smallest absolute Gasteiger partial charge is 0.207 e. The van der Waals surface area contributed by atoms with Crippen molar-refractivity contribution in [1.82, 2.24) is 4.72 Å². The van der Waals surface area contributed by atoms with Crippen LogP contribution < -0.4 is 4.72 Å². The van der Waals surface area contributed by atoms with Gasteiger partial charge in [0.15, 0.2) is 0 Å². The maximum absolute atomic E-state index is 14.4. The molecule has 1 unspecified atom stereocenters. The van der Waals surface area contributed by atoms with Crippen molar-refractivity contribution < 1.29 is 12.8 Å². The highest BCUT2D eigenvalue weighted by molar-refractivity contribution is 7.89. The van der Waals surface area contributed by atoms with Gasteiger partial charge >= 0.3 is 0 Å². The molecule has 0 aromatic heterocycles. The molecule has 3 aromatic carbocycles. The monoisotopic (exact) mass is 383 g/mol. The Morgan fingerprint density at radius 1 is 0.889 bits per heavy atom. The first-order valence-corrected chi connectivity index (χ1v) is 10.3. The van der Waals surface area contributed by atoms with Crippen LogP contribution in [0.2, 0.25) is 0 Å². The first-order chi connectivity index (χ1) is 13.0. The minimum absolute atomic E-state index is 0.175. The molecule has 3 aromatic rings. The fourth-order valence-corrected chi connectivity index (χ4v) is 4.21. The summed E-state index contributed by atoms with van der Waals surface area (Å²) in [5.74, 6) is -0.415. The maximum atomic E-state index is 14.4. The number of halogens is 1. The van der Waals surface area contributed by atoms with E-state index < -0.39 is 21.9 Å². The van der Waals surface area contributed by atoms with Gasteiger partial charge in [0.2, 0.25) is 10.0 Å². The summed E-state index contributed by atoms with van der Waals surface area (Å²) in [6, 6.07) is 22.0. The molecule has 0 heterocycles. The van der Waals surface area contributed by atoms with Gasteiger partial charge in [-0.05, 0) is 43.5 Å². The van der Waals surface area contributed by atoms with Crippen LogP contribution in [0.5, 0.6) is 0 Å². The lowest BCUT2D eigenvalue weighted by Crippen LogP contribution is -2.29. The Labute approximate surface area is 159 Å². The van der Waals surface area contributed by atoms with E-state index in [4.69, 9.17) is 0 Å². The molecule has 1 atom stereocenters. The van der Waals surface area contributed by atoms with Crippen molar-refractivity contribution in [2.75, 3.05) is 0 Å². The molecule has 0 amide bonds. The van der Waals surface area contributed by atoms with E-state index >= 15 is 0 Å². The van der Waals surface area contributed by atoms with Crippen molar-refractivity contribution in [1.29, 1.82) is 0 Å². The molecule has 27 heavy (non-hydrogen) atoms. The largest absolute Gasteiger partial charge is 0.241 e. The Morgan fingerprint density at radius 3 is 2.19 bits per heavy atom. The Balaban J connectivity index is 1.87. The van der Waals surface area contributed by atoms with Crippen LogP contribution >= 0.6 is 0 Å². The summed E-state index contributed by atoms with van der Waals surface area (Å²) in [6.07, 6.45) is 1.09. The molecule has 5 heteroatoms. The standard InChI is InChI=1S/C22H22FNO2S/c1-17-11-14-19(15-12-17)27(25,26)24-22(20-9-5-6-10-21(20)23)16-13-18-7-3-2-4-8-18/h2-12,14-15,22,24H,13,16H2,1H3. The van der Waals surface area contributed by atoms with Crippen molar-refractivity contribution in [3.05, 3.63) is 101 Å². The van der Waals surface area contributed by atoms with Crippen LogP contribution in [0.3, 0.4) is 0 Å². The minimum Gasteiger partial charge on any atom is -0.207 e. The van der Waals surface area contributed by atoms with E-state index in [-0.39, 0.29) is 4.90 Å². The van der Waals surface area contributed by atoms with Crippen molar-refractivity contribution in [2.24, 2.45) is 0 Å². The van der Waals surface area contributed by atoms with Crippen LogP contribution in [0.15, 0.2) is 83.8 Å². The first-order valence-electron chi connectivity index (χ1n) is 8.83. The molecule has 3 rings (SSSR count). The Morgan fingerprint density at radius 2 is 1.52 bits per heavy atom. The number of benzene rings is 3. The van der Waals surface area contributed by atoms with E-state index in [0.717, 1.165) is 11.1 Å². The molecule has 0 radical (unpaired) electrons. The summed E-state index contributed by atoms with van der Waals surface area (Å²) in [5.41, 5.74) is 2.40. The molecule has 0 bridgehead atoms. The quantitative estimate of drug-likeness (QED) is 0.638. The first kappa shape index (κ1) is 19.3. The fourth-order valence-electron chi connectivity index (χ4n) is 2.96. The molecule has 0 saturated heterocycles. The maximum Gasteiger partial charge on any atom is 0.241 e. The summed E-state index contributed by atoms with van der Waals surface area (Å²) in [7, 11) is -3.76. The van der Waals surface area contributed by atoms with Gasteiger partial charge in [-0.25, -0.2) is 17.5 Å². The summed E-state index contributed by atoms with van der Waals surface area (Å²) < 4.78 is 42.7. The third-order valence-electron chi connectivity index (χ3n) is 4.47. The van der Waals surface area contributed by atoms with Crippen molar-refractivity contribution >= 4 is 10.0 Å². The van der Waals surface area contributed by atoms with E-state index in [1.807, 2.05) is 37.3 Å². The molecule has 0 fully saturated rings. The molecular formula is C22H22FNO2S. The molecule has 1 N–H and O–H groups in total. The van der Waals surface area contributed by atoms with Gasteiger partial charge in [-0.1, -0.05) is 66.2 Å². The summed E-state index contributed by atoms with van der Waals surface area (Å²) in [6.45, 7) is 1.89. The van der Waals surface area contributed by atoms with Gasteiger partial charge in [-0.3, -0.25) is 0 Å². The number of hydrogen-bond acceptors (Lipinski definition) is 2.